The third-order valence-electron chi connectivity index (χ3n) is 3.09. The zero-order valence-electron chi connectivity index (χ0n) is 12.7. The van der Waals surface area contributed by atoms with Crippen LogP contribution in [-0.4, -0.2) is 50.1 Å². The SMILES string of the molecule is COC(=O)c1ccc(C)c(S(=O)(=O)N(CCO)C(C)C)c1. The van der Waals surface area contributed by atoms with Crippen LogP contribution in [0.5, 0.6) is 0 Å². The molecule has 0 saturated heterocycles. The Hall–Kier alpha value is -1.44. The molecule has 6 nitrogen and oxygen atoms in total. The van der Waals surface area contributed by atoms with Crippen LogP contribution in [0.25, 0.3) is 0 Å². The van der Waals surface area contributed by atoms with Crippen molar-refractivity contribution in [2.75, 3.05) is 20.3 Å². The molecule has 0 bridgehead atoms. The first-order valence-corrected chi connectivity index (χ1v) is 8.01. The molecule has 0 amide bonds. The second kappa shape index (κ2) is 7.02. The summed E-state index contributed by atoms with van der Waals surface area (Å²) in [5.74, 6) is -0.593. The van der Waals surface area contributed by atoms with E-state index in [1.807, 2.05) is 0 Å². The topological polar surface area (TPSA) is 83.9 Å². The molecule has 0 radical (unpaired) electrons. The van der Waals surface area contributed by atoms with Crippen molar-refractivity contribution in [2.24, 2.45) is 0 Å². The third-order valence-corrected chi connectivity index (χ3v) is 5.31. The molecule has 1 N–H and O–H groups in total. The first-order chi connectivity index (χ1) is 9.75. The number of esters is 1. The van der Waals surface area contributed by atoms with E-state index in [0.717, 1.165) is 0 Å². The molecule has 1 aromatic carbocycles. The number of aliphatic hydroxyl groups is 1. The van der Waals surface area contributed by atoms with Crippen molar-refractivity contribution < 1.29 is 23.1 Å². The summed E-state index contributed by atoms with van der Waals surface area (Å²) in [6.45, 7) is 4.85. The maximum absolute atomic E-state index is 12.7. The van der Waals surface area contributed by atoms with E-state index in [2.05, 4.69) is 4.74 Å². The van der Waals surface area contributed by atoms with Gasteiger partial charge in [0.15, 0.2) is 0 Å². The second-order valence-corrected chi connectivity index (χ2v) is 6.76. The number of benzene rings is 1. The Morgan fingerprint density at radius 3 is 2.48 bits per heavy atom. The van der Waals surface area contributed by atoms with E-state index in [0.29, 0.717) is 5.56 Å². The van der Waals surface area contributed by atoms with E-state index in [-0.39, 0.29) is 29.7 Å². The highest BCUT2D eigenvalue weighted by Crippen LogP contribution is 2.23. The lowest BCUT2D eigenvalue weighted by molar-refractivity contribution is 0.0600. The fraction of sp³-hybridized carbons (Fsp3) is 0.500. The highest BCUT2D eigenvalue weighted by Gasteiger charge is 2.28. The van der Waals surface area contributed by atoms with Crippen LogP contribution >= 0.6 is 0 Å². The van der Waals surface area contributed by atoms with Crippen molar-refractivity contribution >= 4 is 16.0 Å². The average Bonchev–Trinajstić information content (AvgIpc) is 2.43. The Balaban J connectivity index is 3.39. The number of ether oxygens (including phenoxy) is 1. The Labute approximate surface area is 125 Å². The monoisotopic (exact) mass is 315 g/mol. The van der Waals surface area contributed by atoms with Gasteiger partial charge in [0.2, 0.25) is 10.0 Å². The number of carbonyl (C=O) groups is 1. The molecule has 0 spiro atoms. The summed E-state index contributed by atoms with van der Waals surface area (Å²) in [4.78, 5) is 11.6. The lowest BCUT2D eigenvalue weighted by atomic mass is 10.1. The summed E-state index contributed by atoms with van der Waals surface area (Å²) in [6, 6.07) is 4.09. The molecule has 0 atom stereocenters. The average molecular weight is 315 g/mol. The molecule has 1 aromatic rings. The van der Waals surface area contributed by atoms with Crippen LogP contribution in [0, 0.1) is 6.92 Å². The molecule has 0 saturated carbocycles. The van der Waals surface area contributed by atoms with Gasteiger partial charge in [-0.3, -0.25) is 0 Å². The van der Waals surface area contributed by atoms with E-state index in [1.165, 1.54) is 23.5 Å². The van der Waals surface area contributed by atoms with Gasteiger partial charge in [-0.25, -0.2) is 13.2 Å². The molecule has 21 heavy (non-hydrogen) atoms. The molecule has 0 aliphatic rings. The summed E-state index contributed by atoms with van der Waals surface area (Å²) < 4.78 is 31.2. The number of rotatable bonds is 6. The Bertz CT molecular complexity index is 610. The van der Waals surface area contributed by atoms with Gasteiger partial charge in [-0.05, 0) is 38.5 Å². The number of carbonyl (C=O) groups excluding carboxylic acids is 1. The maximum Gasteiger partial charge on any atom is 0.337 e. The molecular formula is C14H21NO5S. The summed E-state index contributed by atoms with van der Waals surface area (Å²) >= 11 is 0. The summed E-state index contributed by atoms with van der Waals surface area (Å²) in [5.41, 5.74) is 0.709. The predicted octanol–water partition coefficient (Wildman–Crippen LogP) is 1.17. The summed E-state index contributed by atoms with van der Waals surface area (Å²) in [5, 5.41) is 9.07. The zero-order chi connectivity index (χ0) is 16.2. The van der Waals surface area contributed by atoms with Crippen LogP contribution in [0.2, 0.25) is 0 Å². The smallest absolute Gasteiger partial charge is 0.337 e. The van der Waals surface area contributed by atoms with Gasteiger partial charge in [0.05, 0.1) is 24.2 Å². The van der Waals surface area contributed by atoms with Gasteiger partial charge in [0.25, 0.3) is 0 Å². The highest BCUT2D eigenvalue weighted by molar-refractivity contribution is 7.89. The van der Waals surface area contributed by atoms with Gasteiger partial charge < -0.3 is 9.84 Å². The molecule has 1 rings (SSSR count). The number of hydrogen-bond donors (Lipinski definition) is 1. The summed E-state index contributed by atoms with van der Waals surface area (Å²) in [6.07, 6.45) is 0. The fourth-order valence-electron chi connectivity index (χ4n) is 2.00. The quantitative estimate of drug-likeness (QED) is 0.797. The van der Waals surface area contributed by atoms with E-state index >= 15 is 0 Å². The van der Waals surface area contributed by atoms with E-state index in [4.69, 9.17) is 5.11 Å². The minimum absolute atomic E-state index is 0.00188. The molecule has 0 unspecified atom stereocenters. The Kier molecular flexibility index (Phi) is 5.88. The number of aryl methyl sites for hydroxylation is 1. The normalized spacial score (nSPS) is 12.0. The molecular weight excluding hydrogens is 294 g/mol. The van der Waals surface area contributed by atoms with E-state index in [1.54, 1.807) is 26.8 Å². The number of aliphatic hydroxyl groups excluding tert-OH is 1. The standard InChI is InChI=1S/C14H21NO5S/c1-10(2)15(7-8-16)21(18,19)13-9-12(14(17)20-4)6-5-11(13)3/h5-6,9-10,16H,7-8H2,1-4H3. The van der Waals surface area contributed by atoms with Crippen LogP contribution in [0.15, 0.2) is 23.1 Å². The van der Waals surface area contributed by atoms with Crippen molar-refractivity contribution in [3.63, 3.8) is 0 Å². The van der Waals surface area contributed by atoms with E-state index < -0.39 is 16.0 Å². The lowest BCUT2D eigenvalue weighted by Crippen LogP contribution is -2.39. The van der Waals surface area contributed by atoms with Crippen molar-refractivity contribution in [1.29, 1.82) is 0 Å². The number of nitrogens with zero attached hydrogens (tertiary/aromatic N) is 1. The fourth-order valence-corrected chi connectivity index (χ4v) is 3.88. The highest BCUT2D eigenvalue weighted by atomic mass is 32.2. The molecule has 118 valence electrons. The van der Waals surface area contributed by atoms with Crippen LogP contribution in [0.4, 0.5) is 0 Å². The minimum atomic E-state index is -3.79. The summed E-state index contributed by atoms with van der Waals surface area (Å²) in [7, 11) is -2.55. The first kappa shape index (κ1) is 17.6. The van der Waals surface area contributed by atoms with Crippen LogP contribution in [0.3, 0.4) is 0 Å². The molecule has 0 heterocycles. The predicted molar refractivity (Wildman–Crippen MR) is 78.6 cm³/mol. The second-order valence-electron chi connectivity index (χ2n) is 4.90. The largest absolute Gasteiger partial charge is 0.465 e. The molecule has 0 aliphatic heterocycles. The lowest BCUT2D eigenvalue weighted by Gasteiger charge is -2.26. The van der Waals surface area contributed by atoms with Crippen molar-refractivity contribution in [3.05, 3.63) is 29.3 Å². The molecule has 0 aromatic heterocycles. The van der Waals surface area contributed by atoms with Crippen LogP contribution < -0.4 is 0 Å². The molecule has 0 fully saturated rings. The third kappa shape index (κ3) is 3.81. The minimum Gasteiger partial charge on any atom is -0.465 e. The number of sulfonamides is 1. The van der Waals surface area contributed by atoms with Gasteiger partial charge >= 0.3 is 5.97 Å². The Morgan fingerprint density at radius 1 is 1.38 bits per heavy atom. The first-order valence-electron chi connectivity index (χ1n) is 6.57. The van der Waals surface area contributed by atoms with Gasteiger partial charge in [0.1, 0.15) is 0 Å². The molecule has 0 aliphatic carbocycles. The number of methoxy groups -OCH3 is 1. The van der Waals surface area contributed by atoms with Gasteiger partial charge in [-0.2, -0.15) is 4.31 Å². The van der Waals surface area contributed by atoms with Gasteiger partial charge in [-0.15, -0.1) is 0 Å². The van der Waals surface area contributed by atoms with Gasteiger partial charge in [-0.1, -0.05) is 6.07 Å². The van der Waals surface area contributed by atoms with Crippen molar-refractivity contribution in [2.45, 2.75) is 31.7 Å². The zero-order valence-corrected chi connectivity index (χ0v) is 13.5. The van der Waals surface area contributed by atoms with Crippen molar-refractivity contribution in [1.82, 2.24) is 4.31 Å². The Morgan fingerprint density at radius 2 is 2.00 bits per heavy atom. The van der Waals surface area contributed by atoms with E-state index in [9.17, 15) is 13.2 Å². The maximum atomic E-state index is 12.7. The molecule has 7 heteroatoms. The van der Waals surface area contributed by atoms with Crippen molar-refractivity contribution in [3.8, 4) is 0 Å². The van der Waals surface area contributed by atoms with Crippen LogP contribution in [-0.2, 0) is 14.8 Å². The van der Waals surface area contributed by atoms with Gasteiger partial charge in [0, 0.05) is 12.6 Å². The number of hydrogen-bond acceptors (Lipinski definition) is 5. The van der Waals surface area contributed by atoms with Crippen LogP contribution in [0.1, 0.15) is 29.8 Å².